The lowest BCUT2D eigenvalue weighted by atomic mass is 9.68. The maximum Gasteiger partial charge on any atom is 0.231 e. The van der Waals surface area contributed by atoms with Gasteiger partial charge in [0, 0.05) is 0 Å². The summed E-state index contributed by atoms with van der Waals surface area (Å²) in [6, 6.07) is 6.44. The molecule has 2 heteroatoms. The van der Waals surface area contributed by atoms with E-state index in [1.54, 1.807) is 0 Å². The molecule has 1 atom stereocenters. The van der Waals surface area contributed by atoms with Crippen molar-refractivity contribution in [2.24, 2.45) is 5.41 Å². The van der Waals surface area contributed by atoms with Crippen LogP contribution in [0.2, 0.25) is 0 Å². The number of benzene rings is 1. The van der Waals surface area contributed by atoms with Crippen molar-refractivity contribution in [1.29, 1.82) is 0 Å². The lowest BCUT2D eigenvalue weighted by Crippen LogP contribution is -2.34. The van der Waals surface area contributed by atoms with Gasteiger partial charge in [-0.2, -0.15) is 0 Å². The number of rotatable bonds is 2. The number of carbonyl (C=O) groups is 1. The molecule has 1 unspecified atom stereocenters. The molecule has 1 aromatic rings. The number of amides is 1. The highest BCUT2D eigenvalue weighted by atomic mass is 16.1. The van der Waals surface area contributed by atoms with Gasteiger partial charge in [0.2, 0.25) is 5.91 Å². The van der Waals surface area contributed by atoms with Gasteiger partial charge >= 0.3 is 0 Å². The summed E-state index contributed by atoms with van der Waals surface area (Å²) in [5, 5.41) is 2.74. The van der Waals surface area contributed by atoms with Crippen molar-refractivity contribution in [3.05, 3.63) is 47.7 Å². The van der Waals surface area contributed by atoms with E-state index in [-0.39, 0.29) is 17.2 Å². The van der Waals surface area contributed by atoms with Gasteiger partial charge in [0.25, 0.3) is 0 Å². The van der Waals surface area contributed by atoms with Crippen molar-refractivity contribution in [2.75, 3.05) is 0 Å². The van der Waals surface area contributed by atoms with Crippen LogP contribution in [0.1, 0.15) is 42.9 Å². The molecule has 96 valence electrons. The lowest BCUT2D eigenvalue weighted by Gasteiger charge is -2.36. The summed E-state index contributed by atoms with van der Waals surface area (Å²) in [5.74, 6) is 0.00581. The molecule has 2 nitrogen and oxygen atoms in total. The summed E-state index contributed by atoms with van der Waals surface area (Å²) in [7, 11) is 0. The van der Waals surface area contributed by atoms with Crippen LogP contribution in [0.5, 0.6) is 0 Å². The van der Waals surface area contributed by atoms with Gasteiger partial charge in [0.15, 0.2) is 0 Å². The molecule has 1 aliphatic carbocycles. The molecule has 1 aliphatic rings. The number of hydrogen-bond donors (Lipinski definition) is 1. The molecule has 1 amide bonds. The minimum atomic E-state index is -0.0540. The van der Waals surface area contributed by atoms with Crippen LogP contribution >= 0.6 is 0 Å². The minimum Gasteiger partial charge on any atom is -0.333 e. The van der Waals surface area contributed by atoms with Crippen LogP contribution in [0.25, 0.3) is 0 Å². The van der Waals surface area contributed by atoms with E-state index in [2.05, 4.69) is 50.9 Å². The summed E-state index contributed by atoms with van der Waals surface area (Å²) in [6.45, 7) is 10.1. The van der Waals surface area contributed by atoms with E-state index in [0.717, 1.165) is 12.8 Å². The Labute approximate surface area is 109 Å². The van der Waals surface area contributed by atoms with E-state index in [1.165, 1.54) is 22.9 Å². The van der Waals surface area contributed by atoms with E-state index in [0.29, 0.717) is 0 Å². The highest BCUT2D eigenvalue weighted by Gasteiger charge is 2.35. The Balaban J connectivity index is 2.44. The second kappa shape index (κ2) is 4.60. The van der Waals surface area contributed by atoms with Crippen LogP contribution in [0.4, 0.5) is 0 Å². The zero-order chi connectivity index (χ0) is 13.3. The third-order valence-corrected chi connectivity index (χ3v) is 3.66. The number of carbonyl (C=O) groups excluding carboxylic acids is 1. The monoisotopic (exact) mass is 243 g/mol. The molecule has 2 rings (SSSR count). The van der Waals surface area contributed by atoms with Crippen LogP contribution in [-0.4, -0.2) is 5.91 Å². The average molecular weight is 243 g/mol. The summed E-state index contributed by atoms with van der Waals surface area (Å²) in [4.78, 5) is 12.2. The largest absolute Gasteiger partial charge is 0.333 e. The van der Waals surface area contributed by atoms with Crippen LogP contribution in [0.15, 0.2) is 31.0 Å². The molecule has 1 N–H and O–H groups in total. The van der Waals surface area contributed by atoms with Crippen molar-refractivity contribution in [1.82, 2.24) is 5.32 Å². The predicted molar refractivity (Wildman–Crippen MR) is 74.4 cm³/mol. The lowest BCUT2D eigenvalue weighted by molar-refractivity contribution is -0.122. The van der Waals surface area contributed by atoms with Gasteiger partial charge in [-0.05, 0) is 42.5 Å². The van der Waals surface area contributed by atoms with Gasteiger partial charge < -0.3 is 5.32 Å². The SMILES string of the molecule is C=CNC(=O)C1CC(C)(C)Cc2ccc(C)cc21. The van der Waals surface area contributed by atoms with Crippen LogP contribution < -0.4 is 5.32 Å². The molecular weight excluding hydrogens is 222 g/mol. The standard InChI is InChI=1S/C16H21NO/c1-5-17-15(18)14-10-16(3,4)9-12-7-6-11(2)8-13(12)14/h5-8,14H,1,9-10H2,2-4H3,(H,17,18). The smallest absolute Gasteiger partial charge is 0.231 e. The maximum atomic E-state index is 12.2. The normalized spacial score (nSPS) is 20.9. The van der Waals surface area contributed by atoms with E-state index < -0.39 is 0 Å². The first-order chi connectivity index (χ1) is 8.43. The molecule has 18 heavy (non-hydrogen) atoms. The zero-order valence-corrected chi connectivity index (χ0v) is 11.4. The van der Waals surface area contributed by atoms with E-state index in [1.807, 2.05) is 0 Å². The molecule has 0 spiro atoms. The summed E-state index contributed by atoms with van der Waals surface area (Å²) < 4.78 is 0. The Morgan fingerprint density at radius 1 is 1.50 bits per heavy atom. The van der Waals surface area contributed by atoms with Crippen LogP contribution in [0, 0.1) is 12.3 Å². The highest BCUT2D eigenvalue weighted by molar-refractivity contribution is 5.85. The third-order valence-electron chi connectivity index (χ3n) is 3.66. The maximum absolute atomic E-state index is 12.2. The first-order valence-electron chi connectivity index (χ1n) is 6.44. The van der Waals surface area contributed by atoms with Crippen molar-refractivity contribution < 1.29 is 4.79 Å². The molecule has 0 saturated heterocycles. The summed E-state index contributed by atoms with van der Waals surface area (Å²) in [5.41, 5.74) is 3.88. The molecular formula is C16H21NO. The van der Waals surface area contributed by atoms with Crippen LogP contribution in [-0.2, 0) is 11.2 Å². The predicted octanol–water partition coefficient (Wildman–Crippen LogP) is 3.31. The Bertz CT molecular complexity index is 488. The summed E-state index contributed by atoms with van der Waals surface area (Å²) in [6.07, 6.45) is 3.41. The quantitative estimate of drug-likeness (QED) is 0.848. The molecule has 0 aromatic heterocycles. The van der Waals surface area contributed by atoms with Crippen molar-refractivity contribution >= 4 is 5.91 Å². The fraction of sp³-hybridized carbons (Fsp3) is 0.438. The highest BCUT2D eigenvalue weighted by Crippen LogP contribution is 2.42. The molecule has 0 radical (unpaired) electrons. The van der Waals surface area contributed by atoms with Gasteiger partial charge in [-0.15, -0.1) is 0 Å². The topological polar surface area (TPSA) is 29.1 Å². The Morgan fingerprint density at radius 3 is 2.89 bits per heavy atom. The van der Waals surface area contributed by atoms with Crippen LogP contribution in [0.3, 0.4) is 0 Å². The van der Waals surface area contributed by atoms with Gasteiger partial charge in [-0.3, -0.25) is 4.79 Å². The number of hydrogen-bond acceptors (Lipinski definition) is 1. The van der Waals surface area contributed by atoms with Gasteiger partial charge in [-0.25, -0.2) is 0 Å². The second-order valence-corrected chi connectivity index (χ2v) is 6.01. The van der Waals surface area contributed by atoms with Crippen molar-refractivity contribution in [3.8, 4) is 0 Å². The molecule has 0 bridgehead atoms. The average Bonchev–Trinajstić information content (AvgIpc) is 2.28. The van der Waals surface area contributed by atoms with Crippen molar-refractivity contribution in [2.45, 2.75) is 39.5 Å². The molecule has 0 saturated carbocycles. The number of fused-ring (bicyclic) bond motifs is 1. The van der Waals surface area contributed by atoms with Gasteiger partial charge in [0.1, 0.15) is 0 Å². The van der Waals surface area contributed by atoms with E-state index in [4.69, 9.17) is 0 Å². The van der Waals surface area contributed by atoms with Gasteiger partial charge in [0.05, 0.1) is 5.92 Å². The molecule has 1 aromatic carbocycles. The fourth-order valence-corrected chi connectivity index (χ4v) is 2.89. The first-order valence-corrected chi connectivity index (χ1v) is 6.44. The number of nitrogens with one attached hydrogen (secondary N) is 1. The Kier molecular flexibility index (Phi) is 3.29. The molecule has 0 aliphatic heterocycles. The van der Waals surface area contributed by atoms with E-state index in [9.17, 15) is 4.79 Å². The Morgan fingerprint density at radius 2 is 2.22 bits per heavy atom. The van der Waals surface area contributed by atoms with E-state index >= 15 is 0 Å². The zero-order valence-electron chi connectivity index (χ0n) is 11.4. The minimum absolute atomic E-state index is 0.0540. The Hall–Kier alpha value is -1.57. The summed E-state index contributed by atoms with van der Waals surface area (Å²) >= 11 is 0. The molecule has 0 heterocycles. The fourth-order valence-electron chi connectivity index (χ4n) is 2.89. The number of aryl methyl sites for hydroxylation is 1. The van der Waals surface area contributed by atoms with Crippen molar-refractivity contribution in [3.63, 3.8) is 0 Å². The van der Waals surface area contributed by atoms with Gasteiger partial charge in [-0.1, -0.05) is 44.2 Å². The first kappa shape index (κ1) is 12.9. The molecule has 0 fully saturated rings. The second-order valence-electron chi connectivity index (χ2n) is 6.01. The third kappa shape index (κ3) is 2.47.